The van der Waals surface area contributed by atoms with E-state index in [0.717, 1.165) is 56.3 Å². The van der Waals surface area contributed by atoms with Crippen LogP contribution in [0.15, 0.2) is 54.9 Å². The summed E-state index contributed by atoms with van der Waals surface area (Å²) < 4.78 is 5.64. The highest BCUT2D eigenvalue weighted by Crippen LogP contribution is 2.27. The van der Waals surface area contributed by atoms with Crippen molar-refractivity contribution in [2.45, 2.75) is 26.8 Å². The molecule has 0 atom stereocenters. The highest BCUT2D eigenvalue weighted by molar-refractivity contribution is 5.92. The topological polar surface area (TPSA) is 83.5 Å². The first kappa shape index (κ1) is 23.6. The minimum absolute atomic E-state index is 0.175. The van der Waals surface area contributed by atoms with Crippen molar-refractivity contribution in [2.75, 3.05) is 44.2 Å². The van der Waals surface area contributed by atoms with E-state index in [1.54, 1.807) is 12.3 Å². The first-order valence-corrected chi connectivity index (χ1v) is 11.9. The summed E-state index contributed by atoms with van der Waals surface area (Å²) in [7, 11) is 0. The number of carbonyl (C=O) groups excluding carboxylic acids is 1. The molecule has 2 aromatic heterocycles. The second-order valence-corrected chi connectivity index (χ2v) is 8.30. The lowest BCUT2D eigenvalue weighted by molar-refractivity contribution is 0.0947. The zero-order valence-electron chi connectivity index (χ0n) is 19.9. The number of ether oxygens (including phenoxy) is 1. The molecule has 8 nitrogen and oxygen atoms in total. The maximum atomic E-state index is 12.0. The fraction of sp³-hybridized carbons (Fsp3) is 0.385. The number of pyridine rings is 1. The molecule has 3 aromatic rings. The molecule has 0 aliphatic carbocycles. The zero-order valence-corrected chi connectivity index (χ0v) is 19.9. The number of benzene rings is 1. The molecular weight excluding hydrogens is 428 g/mol. The summed E-state index contributed by atoms with van der Waals surface area (Å²) in [5.41, 5.74) is 3.88. The molecule has 0 bridgehead atoms. The highest BCUT2D eigenvalue weighted by Gasteiger charge is 2.20. The number of aromatic nitrogens is 3. The van der Waals surface area contributed by atoms with Crippen LogP contribution in [0.3, 0.4) is 0 Å². The predicted octanol–water partition coefficient (Wildman–Crippen LogP) is 3.40. The summed E-state index contributed by atoms with van der Waals surface area (Å²) in [6, 6.07) is 14.2. The Bertz CT molecular complexity index is 1080. The van der Waals surface area contributed by atoms with Gasteiger partial charge in [0.1, 0.15) is 5.75 Å². The molecule has 1 aromatic carbocycles. The predicted molar refractivity (Wildman–Crippen MR) is 133 cm³/mol. The third-order valence-corrected chi connectivity index (χ3v) is 5.86. The van der Waals surface area contributed by atoms with Gasteiger partial charge in [0.15, 0.2) is 11.5 Å². The minimum atomic E-state index is -0.175. The van der Waals surface area contributed by atoms with E-state index in [2.05, 4.69) is 60.6 Å². The third-order valence-electron chi connectivity index (χ3n) is 5.86. The lowest BCUT2D eigenvalue weighted by Gasteiger charge is -2.35. The largest absolute Gasteiger partial charge is 0.492 e. The summed E-state index contributed by atoms with van der Waals surface area (Å²) in [4.78, 5) is 21.1. The van der Waals surface area contributed by atoms with E-state index in [-0.39, 0.29) is 5.91 Å². The Morgan fingerprint density at radius 2 is 1.85 bits per heavy atom. The molecule has 0 saturated carbocycles. The standard InChI is InChI=1S/C26H32N6O2/c1-3-11-28-26(33)24-9-10-25(30-29-24)32-14-12-31(13-15-32)19-20-7-5-6-8-23(20)21-16-22(34-4-2)18-27-17-21/h5-10,16-18H,3-4,11-15,19H2,1-2H3,(H,28,33). The summed E-state index contributed by atoms with van der Waals surface area (Å²) in [6.07, 6.45) is 4.54. The van der Waals surface area contributed by atoms with Crippen LogP contribution in [-0.4, -0.2) is 65.3 Å². The van der Waals surface area contributed by atoms with E-state index in [9.17, 15) is 4.79 Å². The number of hydrogen-bond donors (Lipinski definition) is 1. The van der Waals surface area contributed by atoms with Gasteiger partial charge in [-0.2, -0.15) is 0 Å². The third kappa shape index (κ3) is 5.88. The van der Waals surface area contributed by atoms with E-state index >= 15 is 0 Å². The maximum Gasteiger partial charge on any atom is 0.271 e. The lowest BCUT2D eigenvalue weighted by Crippen LogP contribution is -2.46. The van der Waals surface area contributed by atoms with Gasteiger partial charge in [-0.05, 0) is 42.7 Å². The molecule has 8 heteroatoms. The van der Waals surface area contributed by atoms with Gasteiger partial charge in [-0.1, -0.05) is 31.2 Å². The Kier molecular flexibility index (Phi) is 8.04. The highest BCUT2D eigenvalue weighted by atomic mass is 16.5. The fourth-order valence-electron chi connectivity index (χ4n) is 4.07. The number of piperazine rings is 1. The van der Waals surface area contributed by atoms with Crippen molar-refractivity contribution >= 4 is 11.7 Å². The number of amides is 1. The van der Waals surface area contributed by atoms with Crippen molar-refractivity contribution < 1.29 is 9.53 Å². The van der Waals surface area contributed by atoms with Crippen molar-refractivity contribution in [1.29, 1.82) is 0 Å². The van der Waals surface area contributed by atoms with Gasteiger partial charge in [-0.25, -0.2) is 0 Å². The van der Waals surface area contributed by atoms with Crippen molar-refractivity contribution in [3.63, 3.8) is 0 Å². The monoisotopic (exact) mass is 460 g/mol. The number of nitrogens with one attached hydrogen (secondary N) is 1. The van der Waals surface area contributed by atoms with Crippen molar-refractivity contribution in [2.24, 2.45) is 0 Å². The average Bonchev–Trinajstić information content (AvgIpc) is 2.88. The average molecular weight is 461 g/mol. The van der Waals surface area contributed by atoms with E-state index in [1.165, 1.54) is 11.1 Å². The van der Waals surface area contributed by atoms with Crippen LogP contribution in [0.5, 0.6) is 5.75 Å². The second-order valence-electron chi connectivity index (χ2n) is 8.30. The van der Waals surface area contributed by atoms with Gasteiger partial charge in [0.25, 0.3) is 5.91 Å². The molecule has 34 heavy (non-hydrogen) atoms. The molecule has 1 saturated heterocycles. The number of hydrogen-bond acceptors (Lipinski definition) is 7. The van der Waals surface area contributed by atoms with Gasteiger partial charge in [0.2, 0.25) is 0 Å². The quantitative estimate of drug-likeness (QED) is 0.524. The van der Waals surface area contributed by atoms with Crippen molar-refractivity contribution in [1.82, 2.24) is 25.4 Å². The molecule has 1 aliphatic heterocycles. The Morgan fingerprint density at radius 3 is 2.59 bits per heavy atom. The van der Waals surface area contributed by atoms with Crippen molar-refractivity contribution in [3.05, 3.63) is 66.1 Å². The molecule has 0 spiro atoms. The van der Waals surface area contributed by atoms with Crippen LogP contribution >= 0.6 is 0 Å². The smallest absolute Gasteiger partial charge is 0.271 e. The molecular formula is C26H32N6O2. The number of anilines is 1. The molecule has 1 aliphatic rings. The first-order chi connectivity index (χ1) is 16.7. The summed E-state index contributed by atoms with van der Waals surface area (Å²) in [5.74, 6) is 1.43. The van der Waals surface area contributed by atoms with Gasteiger partial charge in [0, 0.05) is 51.0 Å². The van der Waals surface area contributed by atoms with Crippen LogP contribution in [-0.2, 0) is 6.54 Å². The Hall–Kier alpha value is -3.52. The summed E-state index contributed by atoms with van der Waals surface area (Å²) >= 11 is 0. The molecule has 3 heterocycles. The molecule has 1 fully saturated rings. The molecule has 1 amide bonds. The Morgan fingerprint density at radius 1 is 1.03 bits per heavy atom. The van der Waals surface area contributed by atoms with Crippen molar-refractivity contribution in [3.8, 4) is 16.9 Å². The Labute approximate surface area is 201 Å². The van der Waals surface area contributed by atoms with E-state index < -0.39 is 0 Å². The zero-order chi connectivity index (χ0) is 23.8. The molecule has 0 unspecified atom stereocenters. The lowest BCUT2D eigenvalue weighted by atomic mass is 10.0. The van der Waals surface area contributed by atoms with Gasteiger partial charge in [0.05, 0.1) is 12.8 Å². The Balaban J connectivity index is 1.37. The summed E-state index contributed by atoms with van der Waals surface area (Å²) in [6.45, 7) is 9.69. The van der Waals surface area contributed by atoms with Gasteiger partial charge >= 0.3 is 0 Å². The van der Waals surface area contributed by atoms with Crippen LogP contribution in [0.2, 0.25) is 0 Å². The van der Waals surface area contributed by atoms with Crippen LogP contribution in [0, 0.1) is 0 Å². The number of carbonyl (C=O) groups is 1. The van der Waals surface area contributed by atoms with Gasteiger partial charge in [-0.3, -0.25) is 14.7 Å². The summed E-state index contributed by atoms with van der Waals surface area (Å²) in [5, 5.41) is 11.3. The normalized spacial score (nSPS) is 14.1. The molecule has 0 radical (unpaired) electrons. The van der Waals surface area contributed by atoms with Crippen LogP contribution < -0.4 is 15.0 Å². The van der Waals surface area contributed by atoms with E-state index in [0.29, 0.717) is 18.8 Å². The maximum absolute atomic E-state index is 12.0. The minimum Gasteiger partial charge on any atom is -0.492 e. The van der Waals surface area contributed by atoms with E-state index in [4.69, 9.17) is 4.74 Å². The van der Waals surface area contributed by atoms with Gasteiger partial charge in [-0.15, -0.1) is 10.2 Å². The van der Waals surface area contributed by atoms with Crippen LogP contribution in [0.4, 0.5) is 5.82 Å². The SMILES string of the molecule is CCCNC(=O)c1ccc(N2CCN(Cc3ccccc3-c3cncc(OCC)c3)CC2)nn1. The first-order valence-electron chi connectivity index (χ1n) is 11.9. The molecule has 178 valence electrons. The second kappa shape index (κ2) is 11.6. The fourth-order valence-corrected chi connectivity index (χ4v) is 4.07. The molecule has 4 rings (SSSR count). The van der Waals surface area contributed by atoms with E-state index in [1.807, 2.05) is 26.1 Å². The number of rotatable bonds is 9. The van der Waals surface area contributed by atoms with Gasteiger partial charge < -0.3 is 15.0 Å². The number of nitrogens with zero attached hydrogens (tertiary/aromatic N) is 5. The molecule has 1 N–H and O–H groups in total. The van der Waals surface area contributed by atoms with Crippen LogP contribution in [0.1, 0.15) is 36.3 Å². The van der Waals surface area contributed by atoms with Crippen LogP contribution in [0.25, 0.3) is 11.1 Å².